The van der Waals surface area contributed by atoms with Gasteiger partial charge in [0.15, 0.2) is 11.5 Å². The molecule has 0 bridgehead atoms. The molecule has 0 unspecified atom stereocenters. The summed E-state index contributed by atoms with van der Waals surface area (Å²) in [5.74, 6) is -0.0530. The van der Waals surface area contributed by atoms with E-state index in [1.807, 2.05) is 38.1 Å². The fourth-order valence-electron chi connectivity index (χ4n) is 2.70. The summed E-state index contributed by atoms with van der Waals surface area (Å²) in [5.41, 5.74) is 2.41. The second-order valence-electron chi connectivity index (χ2n) is 5.88. The van der Waals surface area contributed by atoms with E-state index in [4.69, 9.17) is 4.74 Å². The first kappa shape index (κ1) is 18.1. The molecule has 1 aliphatic rings. The second-order valence-corrected chi connectivity index (χ2v) is 6.88. The third-order valence-corrected chi connectivity index (χ3v) is 4.82. The summed E-state index contributed by atoms with van der Waals surface area (Å²) < 4.78 is 5.35. The lowest BCUT2D eigenvalue weighted by Gasteiger charge is -2.12. The molecule has 26 heavy (non-hydrogen) atoms. The maximum atomic E-state index is 12.6. The van der Waals surface area contributed by atoms with E-state index in [0.29, 0.717) is 17.9 Å². The van der Waals surface area contributed by atoms with Gasteiger partial charge >= 0.3 is 0 Å². The molecule has 0 aliphatic carbocycles. The molecule has 3 rings (SSSR count). The summed E-state index contributed by atoms with van der Waals surface area (Å²) in [4.78, 5) is 26.4. The fraction of sp³-hybridized carbons (Fsp3) is 0.200. The van der Waals surface area contributed by atoms with Gasteiger partial charge in [0.25, 0.3) is 11.1 Å². The monoisotopic (exact) mass is 369 g/mol. The highest BCUT2D eigenvalue weighted by molar-refractivity contribution is 8.18. The van der Waals surface area contributed by atoms with Gasteiger partial charge < -0.3 is 9.84 Å². The highest BCUT2D eigenvalue weighted by Gasteiger charge is 2.35. The van der Waals surface area contributed by atoms with Crippen LogP contribution >= 0.6 is 11.8 Å². The number of imide groups is 1. The molecule has 5 nitrogen and oxygen atoms in total. The molecule has 0 spiro atoms. The van der Waals surface area contributed by atoms with Gasteiger partial charge in [0.05, 0.1) is 18.1 Å². The molecule has 134 valence electrons. The van der Waals surface area contributed by atoms with Crippen molar-refractivity contribution in [1.29, 1.82) is 0 Å². The summed E-state index contributed by atoms with van der Waals surface area (Å²) in [7, 11) is 0. The lowest BCUT2D eigenvalue weighted by molar-refractivity contribution is -0.123. The van der Waals surface area contributed by atoms with Crippen LogP contribution < -0.4 is 4.74 Å². The SMILES string of the molecule is CCOc1cccc(/C=C2\SC(=O)N(Cc3cccc(C)c3)C2=O)c1O. The Morgan fingerprint density at radius 3 is 2.69 bits per heavy atom. The molecule has 1 N–H and O–H groups in total. The maximum absolute atomic E-state index is 12.6. The summed E-state index contributed by atoms with van der Waals surface area (Å²) in [6, 6.07) is 12.8. The lowest BCUT2D eigenvalue weighted by atomic mass is 10.1. The number of hydrogen-bond donors (Lipinski definition) is 1. The number of carbonyl (C=O) groups excluding carboxylic acids is 2. The van der Waals surface area contributed by atoms with Gasteiger partial charge in [0.1, 0.15) is 0 Å². The number of nitrogens with zero attached hydrogens (tertiary/aromatic N) is 1. The predicted octanol–water partition coefficient (Wildman–Crippen LogP) is 4.34. The van der Waals surface area contributed by atoms with E-state index in [9.17, 15) is 14.7 Å². The first-order valence-corrected chi connectivity index (χ1v) is 9.07. The van der Waals surface area contributed by atoms with Gasteiger partial charge in [-0.05, 0) is 43.3 Å². The average molecular weight is 369 g/mol. The van der Waals surface area contributed by atoms with Gasteiger partial charge in [-0.3, -0.25) is 14.5 Å². The van der Waals surface area contributed by atoms with Gasteiger partial charge in [-0.1, -0.05) is 42.0 Å². The van der Waals surface area contributed by atoms with Crippen molar-refractivity contribution in [3.05, 3.63) is 64.1 Å². The second kappa shape index (κ2) is 7.66. The molecule has 1 fully saturated rings. The van der Waals surface area contributed by atoms with Crippen molar-refractivity contribution in [2.45, 2.75) is 20.4 Å². The van der Waals surface area contributed by atoms with Crippen LogP contribution in [0.5, 0.6) is 11.5 Å². The van der Waals surface area contributed by atoms with E-state index in [0.717, 1.165) is 22.9 Å². The van der Waals surface area contributed by atoms with Crippen LogP contribution in [0, 0.1) is 6.92 Å². The van der Waals surface area contributed by atoms with Crippen LogP contribution in [0.25, 0.3) is 6.08 Å². The van der Waals surface area contributed by atoms with Crippen molar-refractivity contribution in [3.8, 4) is 11.5 Å². The molecule has 0 saturated carbocycles. The van der Waals surface area contributed by atoms with Crippen LogP contribution in [0.4, 0.5) is 4.79 Å². The first-order valence-electron chi connectivity index (χ1n) is 8.25. The van der Waals surface area contributed by atoms with Crippen LogP contribution in [0.15, 0.2) is 47.4 Å². The number of aryl methyl sites for hydroxylation is 1. The van der Waals surface area contributed by atoms with E-state index in [1.54, 1.807) is 18.2 Å². The van der Waals surface area contributed by atoms with Crippen LogP contribution in [0.2, 0.25) is 0 Å². The number of amides is 2. The van der Waals surface area contributed by atoms with Gasteiger partial charge in [0, 0.05) is 5.56 Å². The van der Waals surface area contributed by atoms with Crippen LogP contribution in [0.3, 0.4) is 0 Å². The predicted molar refractivity (Wildman–Crippen MR) is 102 cm³/mol. The van der Waals surface area contributed by atoms with Gasteiger partial charge in [0.2, 0.25) is 0 Å². The molecule has 0 aromatic heterocycles. The molecule has 1 aliphatic heterocycles. The summed E-state index contributed by atoms with van der Waals surface area (Å²) in [6.07, 6.45) is 1.53. The quantitative estimate of drug-likeness (QED) is 0.795. The summed E-state index contributed by atoms with van der Waals surface area (Å²) in [5, 5.41) is 9.96. The molecule has 1 heterocycles. The molecule has 6 heteroatoms. The number of benzene rings is 2. The lowest BCUT2D eigenvalue weighted by Crippen LogP contribution is -2.27. The number of para-hydroxylation sites is 1. The minimum absolute atomic E-state index is 0.0418. The average Bonchev–Trinajstić information content (AvgIpc) is 2.86. The number of carbonyl (C=O) groups is 2. The Morgan fingerprint density at radius 1 is 1.19 bits per heavy atom. The Balaban J connectivity index is 1.85. The molecule has 0 atom stereocenters. The zero-order valence-electron chi connectivity index (χ0n) is 14.6. The van der Waals surface area contributed by atoms with Crippen molar-refractivity contribution in [3.63, 3.8) is 0 Å². The number of phenolic OH excluding ortho intramolecular Hbond substituents is 1. The van der Waals surface area contributed by atoms with Crippen LogP contribution in [-0.2, 0) is 11.3 Å². The highest BCUT2D eigenvalue weighted by atomic mass is 32.2. The first-order chi connectivity index (χ1) is 12.5. The summed E-state index contributed by atoms with van der Waals surface area (Å²) in [6.45, 7) is 4.44. The van der Waals surface area contributed by atoms with E-state index in [1.165, 1.54) is 11.0 Å². The van der Waals surface area contributed by atoms with Crippen molar-refractivity contribution in [2.24, 2.45) is 0 Å². The molecular weight excluding hydrogens is 350 g/mol. The Labute approximate surface area is 156 Å². The molecular formula is C20H19NO4S. The number of ether oxygens (including phenoxy) is 1. The number of hydrogen-bond acceptors (Lipinski definition) is 5. The van der Waals surface area contributed by atoms with Crippen molar-refractivity contribution >= 4 is 29.0 Å². The van der Waals surface area contributed by atoms with Crippen molar-refractivity contribution < 1.29 is 19.4 Å². The van der Waals surface area contributed by atoms with Crippen molar-refractivity contribution in [2.75, 3.05) is 6.61 Å². The van der Waals surface area contributed by atoms with E-state index < -0.39 is 0 Å². The normalized spacial score (nSPS) is 15.8. The molecule has 2 aromatic rings. The van der Waals surface area contributed by atoms with Crippen LogP contribution in [0.1, 0.15) is 23.6 Å². The minimum Gasteiger partial charge on any atom is -0.504 e. The fourth-order valence-corrected chi connectivity index (χ4v) is 3.53. The molecule has 2 amide bonds. The topological polar surface area (TPSA) is 66.8 Å². The maximum Gasteiger partial charge on any atom is 0.293 e. The van der Waals surface area contributed by atoms with Gasteiger partial charge in [-0.15, -0.1) is 0 Å². The summed E-state index contributed by atoms with van der Waals surface area (Å²) >= 11 is 0.875. The smallest absolute Gasteiger partial charge is 0.293 e. The standard InChI is InChI=1S/C20H19NO4S/c1-3-25-16-9-5-8-15(18(16)22)11-17-19(23)21(20(24)26-17)12-14-7-4-6-13(2)10-14/h4-11,22H,3,12H2,1-2H3/b17-11-. The largest absolute Gasteiger partial charge is 0.504 e. The number of aromatic hydroxyl groups is 1. The molecule has 1 saturated heterocycles. The number of thioether (sulfide) groups is 1. The molecule has 2 aromatic carbocycles. The van der Waals surface area contributed by atoms with Crippen LogP contribution in [-0.4, -0.2) is 27.8 Å². The Morgan fingerprint density at radius 2 is 1.96 bits per heavy atom. The third-order valence-electron chi connectivity index (χ3n) is 3.91. The van der Waals surface area contributed by atoms with E-state index >= 15 is 0 Å². The Bertz CT molecular complexity index is 891. The Hall–Kier alpha value is -2.73. The van der Waals surface area contributed by atoms with Gasteiger partial charge in [-0.25, -0.2) is 0 Å². The number of rotatable bonds is 5. The van der Waals surface area contributed by atoms with Gasteiger partial charge in [-0.2, -0.15) is 0 Å². The van der Waals surface area contributed by atoms with E-state index in [2.05, 4.69) is 0 Å². The van der Waals surface area contributed by atoms with Crippen molar-refractivity contribution in [1.82, 2.24) is 4.90 Å². The molecule has 0 radical (unpaired) electrons. The zero-order valence-corrected chi connectivity index (χ0v) is 15.4. The zero-order chi connectivity index (χ0) is 18.7. The minimum atomic E-state index is -0.359. The third kappa shape index (κ3) is 3.75. The Kier molecular flexibility index (Phi) is 5.32. The van der Waals surface area contributed by atoms with E-state index in [-0.39, 0.29) is 28.3 Å². The number of phenols is 1. The highest BCUT2D eigenvalue weighted by Crippen LogP contribution is 2.37.